The Morgan fingerprint density at radius 3 is 2.50 bits per heavy atom. The van der Waals surface area contributed by atoms with Gasteiger partial charge in [-0.25, -0.2) is 0 Å². The summed E-state index contributed by atoms with van der Waals surface area (Å²) < 4.78 is 5.69. The zero-order valence-corrected chi connectivity index (χ0v) is 17.2. The summed E-state index contributed by atoms with van der Waals surface area (Å²) in [7, 11) is 1.83. The molecule has 3 rings (SSSR count). The number of hydrogen-bond donors (Lipinski definition) is 1. The fourth-order valence-corrected chi connectivity index (χ4v) is 3.37. The van der Waals surface area contributed by atoms with E-state index in [9.17, 15) is 4.79 Å². The van der Waals surface area contributed by atoms with Gasteiger partial charge in [0.05, 0.1) is 23.7 Å². The number of halogens is 1. The van der Waals surface area contributed by atoms with E-state index in [2.05, 4.69) is 27.6 Å². The van der Waals surface area contributed by atoms with Crippen LogP contribution in [-0.2, 0) is 11.3 Å². The number of carbonyl (C=O) groups is 1. The van der Waals surface area contributed by atoms with Crippen LogP contribution in [0.5, 0.6) is 0 Å². The van der Waals surface area contributed by atoms with E-state index < -0.39 is 0 Å². The monoisotopic (exact) mass is 398 g/mol. The average molecular weight is 399 g/mol. The van der Waals surface area contributed by atoms with Crippen LogP contribution in [0.2, 0.25) is 5.02 Å². The molecule has 1 aromatic heterocycles. The molecule has 6 nitrogen and oxygen atoms in total. The zero-order valence-electron chi connectivity index (χ0n) is 16.4. The smallest absolute Gasteiger partial charge is 0.249 e. The molecule has 0 fully saturated rings. The van der Waals surface area contributed by atoms with Crippen molar-refractivity contribution in [3.05, 3.63) is 64.0 Å². The minimum atomic E-state index is -0.0941. The van der Waals surface area contributed by atoms with E-state index in [1.165, 1.54) is 5.56 Å². The van der Waals surface area contributed by atoms with Gasteiger partial charge < -0.3 is 9.73 Å². The SMILES string of the molecule is Cc1cc(C)c(NC(=O)CN(C)Cc2nnc(-c3ccccc3Cl)o2)c(C)c1. The maximum atomic E-state index is 12.4. The molecule has 0 saturated carbocycles. The highest BCUT2D eigenvalue weighted by atomic mass is 35.5. The van der Waals surface area contributed by atoms with Crippen molar-refractivity contribution >= 4 is 23.2 Å². The number of amides is 1. The Morgan fingerprint density at radius 1 is 1.14 bits per heavy atom. The highest BCUT2D eigenvalue weighted by Gasteiger charge is 2.15. The third-order valence-corrected chi connectivity index (χ3v) is 4.66. The van der Waals surface area contributed by atoms with Gasteiger partial charge in [-0.1, -0.05) is 41.4 Å². The number of carbonyl (C=O) groups excluding carboxylic acids is 1. The van der Waals surface area contributed by atoms with Crippen molar-refractivity contribution in [3.63, 3.8) is 0 Å². The van der Waals surface area contributed by atoms with Gasteiger partial charge in [0.25, 0.3) is 0 Å². The zero-order chi connectivity index (χ0) is 20.3. The molecule has 28 heavy (non-hydrogen) atoms. The van der Waals surface area contributed by atoms with Crippen molar-refractivity contribution in [3.8, 4) is 11.5 Å². The van der Waals surface area contributed by atoms with Crippen LogP contribution in [0.4, 0.5) is 5.69 Å². The molecule has 3 aromatic rings. The molecule has 0 atom stereocenters. The van der Waals surface area contributed by atoms with E-state index in [-0.39, 0.29) is 12.5 Å². The topological polar surface area (TPSA) is 71.3 Å². The normalized spacial score (nSPS) is 11.1. The van der Waals surface area contributed by atoms with Gasteiger partial charge in [-0.05, 0) is 51.1 Å². The van der Waals surface area contributed by atoms with Crippen molar-refractivity contribution in [2.24, 2.45) is 0 Å². The highest BCUT2D eigenvalue weighted by Crippen LogP contribution is 2.26. The first kappa shape index (κ1) is 20.0. The molecule has 2 aromatic carbocycles. The predicted molar refractivity (Wildman–Crippen MR) is 110 cm³/mol. The maximum absolute atomic E-state index is 12.4. The number of aromatic nitrogens is 2. The summed E-state index contributed by atoms with van der Waals surface area (Å²) in [6.45, 7) is 6.59. The van der Waals surface area contributed by atoms with Gasteiger partial charge in [0.2, 0.25) is 17.7 Å². The molecule has 0 aliphatic heterocycles. The Kier molecular flexibility index (Phi) is 6.11. The average Bonchev–Trinajstić information content (AvgIpc) is 3.06. The Hall–Kier alpha value is -2.70. The lowest BCUT2D eigenvalue weighted by atomic mass is 10.1. The molecule has 1 heterocycles. The number of likely N-dealkylation sites (N-methyl/N-ethyl adjacent to an activating group) is 1. The molecule has 1 amide bonds. The van der Waals surface area contributed by atoms with Gasteiger partial charge in [-0.2, -0.15) is 0 Å². The van der Waals surface area contributed by atoms with Crippen LogP contribution in [0.15, 0.2) is 40.8 Å². The second kappa shape index (κ2) is 8.54. The summed E-state index contributed by atoms with van der Waals surface area (Å²) in [5.41, 5.74) is 4.83. The van der Waals surface area contributed by atoms with Gasteiger partial charge >= 0.3 is 0 Å². The van der Waals surface area contributed by atoms with Crippen LogP contribution >= 0.6 is 11.6 Å². The van der Waals surface area contributed by atoms with Crippen molar-refractivity contribution < 1.29 is 9.21 Å². The van der Waals surface area contributed by atoms with E-state index in [0.717, 1.165) is 16.8 Å². The minimum absolute atomic E-state index is 0.0941. The Bertz CT molecular complexity index is 977. The molecule has 7 heteroatoms. The van der Waals surface area contributed by atoms with Gasteiger partial charge in [-0.3, -0.25) is 9.69 Å². The molecule has 1 N–H and O–H groups in total. The fraction of sp³-hybridized carbons (Fsp3) is 0.286. The maximum Gasteiger partial charge on any atom is 0.249 e. The van der Waals surface area contributed by atoms with E-state index in [1.54, 1.807) is 6.07 Å². The highest BCUT2D eigenvalue weighted by molar-refractivity contribution is 6.33. The summed E-state index contributed by atoms with van der Waals surface area (Å²) in [6, 6.07) is 11.4. The van der Waals surface area contributed by atoms with E-state index in [1.807, 2.05) is 50.9 Å². The lowest BCUT2D eigenvalue weighted by Gasteiger charge is -2.16. The lowest BCUT2D eigenvalue weighted by molar-refractivity contribution is -0.117. The van der Waals surface area contributed by atoms with Gasteiger partial charge in [0.15, 0.2) is 0 Å². The molecular formula is C21H23ClN4O2. The first-order valence-electron chi connectivity index (χ1n) is 8.97. The summed E-state index contributed by atoms with van der Waals surface area (Å²) in [4.78, 5) is 14.3. The quantitative estimate of drug-likeness (QED) is 0.666. The number of anilines is 1. The van der Waals surface area contributed by atoms with Gasteiger partial charge in [0, 0.05) is 5.69 Å². The Morgan fingerprint density at radius 2 is 1.82 bits per heavy atom. The molecule has 0 saturated heterocycles. The number of nitrogens with one attached hydrogen (secondary N) is 1. The standard InChI is InChI=1S/C21H23ClN4O2/c1-13-9-14(2)20(15(3)10-13)23-18(27)11-26(4)12-19-24-25-21(28-19)16-7-5-6-8-17(16)22/h5-10H,11-12H2,1-4H3,(H,23,27). The minimum Gasteiger partial charge on any atom is -0.419 e. The predicted octanol–water partition coefficient (Wildman–Crippen LogP) is 4.39. The van der Waals surface area contributed by atoms with Crippen LogP contribution in [0.1, 0.15) is 22.6 Å². The summed E-state index contributed by atoms with van der Waals surface area (Å²) >= 11 is 6.16. The van der Waals surface area contributed by atoms with Crippen LogP contribution < -0.4 is 5.32 Å². The third kappa shape index (κ3) is 4.77. The van der Waals surface area contributed by atoms with Gasteiger partial charge in [0.1, 0.15) is 0 Å². The summed E-state index contributed by atoms with van der Waals surface area (Å²) in [5.74, 6) is 0.695. The largest absolute Gasteiger partial charge is 0.419 e. The lowest BCUT2D eigenvalue weighted by Crippen LogP contribution is -2.30. The number of hydrogen-bond acceptors (Lipinski definition) is 5. The molecule has 146 valence electrons. The Balaban J connectivity index is 1.61. The van der Waals surface area contributed by atoms with Crippen LogP contribution in [-0.4, -0.2) is 34.6 Å². The first-order chi connectivity index (χ1) is 13.3. The van der Waals surface area contributed by atoms with Crippen molar-refractivity contribution in [1.29, 1.82) is 0 Å². The van der Waals surface area contributed by atoms with Crippen LogP contribution in [0, 0.1) is 20.8 Å². The summed E-state index contributed by atoms with van der Waals surface area (Å²) in [5, 5.41) is 11.7. The fourth-order valence-electron chi connectivity index (χ4n) is 3.15. The molecular weight excluding hydrogens is 376 g/mol. The summed E-state index contributed by atoms with van der Waals surface area (Å²) in [6.07, 6.45) is 0. The molecule has 0 aliphatic rings. The molecule has 0 spiro atoms. The van der Waals surface area contributed by atoms with Crippen LogP contribution in [0.3, 0.4) is 0 Å². The second-order valence-electron chi connectivity index (χ2n) is 6.97. The van der Waals surface area contributed by atoms with E-state index in [4.69, 9.17) is 16.0 Å². The molecule has 0 radical (unpaired) electrons. The van der Waals surface area contributed by atoms with Crippen LogP contribution in [0.25, 0.3) is 11.5 Å². The Labute approximate surface area is 169 Å². The third-order valence-electron chi connectivity index (χ3n) is 4.33. The number of nitrogens with zero attached hydrogens (tertiary/aromatic N) is 3. The van der Waals surface area contributed by atoms with Crippen molar-refractivity contribution in [1.82, 2.24) is 15.1 Å². The number of benzene rings is 2. The first-order valence-corrected chi connectivity index (χ1v) is 9.35. The number of rotatable bonds is 6. The van der Waals surface area contributed by atoms with E-state index >= 15 is 0 Å². The van der Waals surface area contributed by atoms with Gasteiger partial charge in [-0.15, -0.1) is 10.2 Å². The molecule has 0 unspecified atom stereocenters. The number of aryl methyl sites for hydroxylation is 3. The molecule has 0 bridgehead atoms. The van der Waals surface area contributed by atoms with Crippen molar-refractivity contribution in [2.45, 2.75) is 27.3 Å². The van der Waals surface area contributed by atoms with Crippen molar-refractivity contribution in [2.75, 3.05) is 18.9 Å². The molecule has 0 aliphatic carbocycles. The second-order valence-corrected chi connectivity index (χ2v) is 7.38. The van der Waals surface area contributed by atoms with E-state index in [0.29, 0.717) is 28.9 Å².